The van der Waals surface area contributed by atoms with Crippen molar-refractivity contribution in [1.29, 1.82) is 0 Å². The van der Waals surface area contributed by atoms with E-state index in [2.05, 4.69) is 0 Å². The summed E-state index contributed by atoms with van der Waals surface area (Å²) in [5.74, 6) is -0.208. The zero-order valence-corrected chi connectivity index (χ0v) is 9.50. The minimum absolute atomic E-state index is 0.0904. The molecule has 84 valence electrons. The number of nitrogens with zero attached hydrogens (tertiary/aromatic N) is 1. The van der Waals surface area contributed by atoms with E-state index in [4.69, 9.17) is 5.11 Å². The predicted molar refractivity (Wildman–Crippen MR) is 59.2 cm³/mol. The number of aryl methyl sites for hydroxylation is 1. The van der Waals surface area contributed by atoms with Crippen molar-refractivity contribution in [2.75, 3.05) is 13.7 Å². The molecule has 0 aliphatic heterocycles. The van der Waals surface area contributed by atoms with Gasteiger partial charge < -0.3 is 5.11 Å². The van der Waals surface area contributed by atoms with E-state index in [0.717, 1.165) is 11.1 Å². The first-order valence-corrected chi connectivity index (χ1v) is 5.10. The monoisotopic (exact) mass is 211 g/mol. The maximum Gasteiger partial charge on any atom is 0.123 e. The van der Waals surface area contributed by atoms with Crippen molar-refractivity contribution in [3.63, 3.8) is 0 Å². The smallest absolute Gasteiger partial charge is 0.123 e. The zero-order chi connectivity index (χ0) is 11.4. The van der Waals surface area contributed by atoms with Gasteiger partial charge in [-0.15, -0.1) is 0 Å². The quantitative estimate of drug-likeness (QED) is 0.822. The minimum atomic E-state index is -0.208. The highest BCUT2D eigenvalue weighted by Gasteiger charge is 2.09. The van der Waals surface area contributed by atoms with Gasteiger partial charge in [0.2, 0.25) is 0 Å². The number of likely N-dealkylation sites (N-methyl/N-ethyl adjacent to an activating group) is 1. The van der Waals surface area contributed by atoms with Crippen LogP contribution in [0.1, 0.15) is 18.1 Å². The Kier molecular flexibility index (Phi) is 4.24. The van der Waals surface area contributed by atoms with Gasteiger partial charge in [-0.1, -0.05) is 6.07 Å². The molecule has 15 heavy (non-hydrogen) atoms. The zero-order valence-electron chi connectivity index (χ0n) is 9.50. The van der Waals surface area contributed by atoms with Gasteiger partial charge in [-0.2, -0.15) is 0 Å². The van der Waals surface area contributed by atoms with Gasteiger partial charge in [-0.25, -0.2) is 4.39 Å². The molecular formula is C12H18FNO. The van der Waals surface area contributed by atoms with Gasteiger partial charge in [0.25, 0.3) is 0 Å². The van der Waals surface area contributed by atoms with Gasteiger partial charge in [0.1, 0.15) is 5.82 Å². The topological polar surface area (TPSA) is 23.5 Å². The van der Waals surface area contributed by atoms with Crippen LogP contribution in [-0.2, 0) is 6.54 Å². The third-order valence-corrected chi connectivity index (χ3v) is 2.75. The summed E-state index contributed by atoms with van der Waals surface area (Å²) >= 11 is 0. The Bertz CT molecular complexity index is 327. The molecule has 0 saturated heterocycles. The molecule has 0 spiro atoms. The summed E-state index contributed by atoms with van der Waals surface area (Å²) in [4.78, 5) is 2.00. The van der Waals surface area contributed by atoms with E-state index in [1.165, 1.54) is 6.07 Å². The number of aliphatic hydroxyl groups is 1. The molecule has 0 fully saturated rings. The van der Waals surface area contributed by atoms with Crippen LogP contribution >= 0.6 is 0 Å². The largest absolute Gasteiger partial charge is 0.395 e. The fourth-order valence-corrected chi connectivity index (χ4v) is 1.37. The lowest BCUT2D eigenvalue weighted by atomic mass is 10.1. The van der Waals surface area contributed by atoms with Gasteiger partial charge >= 0.3 is 0 Å². The second kappa shape index (κ2) is 5.24. The minimum Gasteiger partial charge on any atom is -0.395 e. The average molecular weight is 211 g/mol. The van der Waals surface area contributed by atoms with Crippen LogP contribution in [0.3, 0.4) is 0 Å². The summed E-state index contributed by atoms with van der Waals surface area (Å²) in [5.41, 5.74) is 2.05. The SMILES string of the molecule is Cc1ccc(F)cc1CN(C)C(C)CO. The summed E-state index contributed by atoms with van der Waals surface area (Å²) in [6, 6.07) is 4.89. The van der Waals surface area contributed by atoms with Crippen molar-refractivity contribution < 1.29 is 9.50 Å². The standard InChI is InChI=1S/C12H18FNO/c1-9-4-5-12(13)6-11(9)7-14(3)10(2)8-15/h4-6,10,15H,7-8H2,1-3H3. The van der Waals surface area contributed by atoms with Crippen LogP contribution in [0.15, 0.2) is 18.2 Å². The third-order valence-electron chi connectivity index (χ3n) is 2.75. The molecule has 3 heteroatoms. The van der Waals surface area contributed by atoms with Gasteiger partial charge in [0, 0.05) is 12.6 Å². The molecule has 0 bridgehead atoms. The van der Waals surface area contributed by atoms with Crippen molar-refractivity contribution in [1.82, 2.24) is 4.90 Å². The van der Waals surface area contributed by atoms with Crippen molar-refractivity contribution in [2.45, 2.75) is 26.4 Å². The molecule has 1 atom stereocenters. The average Bonchev–Trinajstić information content (AvgIpc) is 2.22. The molecule has 0 amide bonds. The van der Waals surface area contributed by atoms with E-state index in [0.29, 0.717) is 6.54 Å². The molecule has 1 aromatic rings. The molecule has 1 rings (SSSR count). The third kappa shape index (κ3) is 3.29. The molecule has 1 unspecified atom stereocenters. The van der Waals surface area contributed by atoms with Crippen LogP contribution in [-0.4, -0.2) is 29.7 Å². The van der Waals surface area contributed by atoms with Crippen LogP contribution in [0.4, 0.5) is 4.39 Å². The Morgan fingerprint density at radius 1 is 1.47 bits per heavy atom. The van der Waals surface area contributed by atoms with Crippen molar-refractivity contribution in [3.8, 4) is 0 Å². The van der Waals surface area contributed by atoms with Gasteiger partial charge in [0.05, 0.1) is 6.61 Å². The number of halogens is 1. The van der Waals surface area contributed by atoms with E-state index in [-0.39, 0.29) is 18.5 Å². The number of aliphatic hydroxyl groups excluding tert-OH is 1. The number of rotatable bonds is 4. The Morgan fingerprint density at radius 2 is 2.13 bits per heavy atom. The lowest BCUT2D eigenvalue weighted by Gasteiger charge is -2.23. The molecule has 0 saturated carbocycles. The van der Waals surface area contributed by atoms with Crippen LogP contribution in [0.5, 0.6) is 0 Å². The molecular weight excluding hydrogens is 193 g/mol. The highest BCUT2D eigenvalue weighted by Crippen LogP contribution is 2.13. The molecule has 0 aliphatic carbocycles. The van der Waals surface area contributed by atoms with E-state index >= 15 is 0 Å². The highest BCUT2D eigenvalue weighted by molar-refractivity contribution is 5.26. The fourth-order valence-electron chi connectivity index (χ4n) is 1.37. The molecule has 1 N–H and O–H groups in total. The molecule has 1 aromatic carbocycles. The Hall–Kier alpha value is -0.930. The first kappa shape index (κ1) is 12.1. The van der Waals surface area contributed by atoms with Crippen LogP contribution in [0.2, 0.25) is 0 Å². The summed E-state index contributed by atoms with van der Waals surface area (Å²) in [6.45, 7) is 4.68. The van der Waals surface area contributed by atoms with E-state index in [9.17, 15) is 4.39 Å². The van der Waals surface area contributed by atoms with Crippen LogP contribution < -0.4 is 0 Å². The molecule has 2 nitrogen and oxygen atoms in total. The summed E-state index contributed by atoms with van der Waals surface area (Å²) in [5, 5.41) is 8.99. The normalized spacial score (nSPS) is 13.2. The summed E-state index contributed by atoms with van der Waals surface area (Å²) in [7, 11) is 1.92. The van der Waals surface area contributed by atoms with E-state index < -0.39 is 0 Å². The predicted octanol–water partition coefficient (Wildman–Crippen LogP) is 1.95. The van der Waals surface area contributed by atoms with Crippen LogP contribution in [0, 0.1) is 12.7 Å². The van der Waals surface area contributed by atoms with Gasteiger partial charge in [-0.05, 0) is 44.2 Å². The van der Waals surface area contributed by atoms with Gasteiger partial charge in [0.15, 0.2) is 0 Å². The number of hydrogen-bond donors (Lipinski definition) is 1. The fraction of sp³-hybridized carbons (Fsp3) is 0.500. The Morgan fingerprint density at radius 3 is 2.73 bits per heavy atom. The Labute approximate surface area is 90.3 Å². The number of hydrogen-bond acceptors (Lipinski definition) is 2. The second-order valence-corrected chi connectivity index (χ2v) is 4.02. The van der Waals surface area contributed by atoms with E-state index in [1.54, 1.807) is 12.1 Å². The van der Waals surface area contributed by atoms with Crippen LogP contribution in [0.25, 0.3) is 0 Å². The molecule has 0 radical (unpaired) electrons. The maximum atomic E-state index is 13.0. The Balaban J connectivity index is 2.75. The first-order chi connectivity index (χ1) is 7.04. The maximum absolute atomic E-state index is 13.0. The van der Waals surface area contributed by atoms with Crippen molar-refractivity contribution in [2.24, 2.45) is 0 Å². The van der Waals surface area contributed by atoms with Crippen molar-refractivity contribution in [3.05, 3.63) is 35.1 Å². The second-order valence-electron chi connectivity index (χ2n) is 4.02. The summed E-state index contributed by atoms with van der Waals surface area (Å²) < 4.78 is 13.0. The summed E-state index contributed by atoms with van der Waals surface area (Å²) in [6.07, 6.45) is 0. The lowest BCUT2D eigenvalue weighted by Crippen LogP contribution is -2.31. The van der Waals surface area contributed by atoms with Gasteiger partial charge in [-0.3, -0.25) is 4.90 Å². The molecule has 0 aliphatic rings. The molecule has 0 aromatic heterocycles. The highest BCUT2D eigenvalue weighted by atomic mass is 19.1. The van der Waals surface area contributed by atoms with Crippen molar-refractivity contribution >= 4 is 0 Å². The van der Waals surface area contributed by atoms with E-state index in [1.807, 2.05) is 25.8 Å². The number of benzene rings is 1. The molecule has 0 heterocycles. The lowest BCUT2D eigenvalue weighted by molar-refractivity contribution is 0.153. The first-order valence-electron chi connectivity index (χ1n) is 5.10.